The van der Waals surface area contributed by atoms with E-state index < -0.39 is 0 Å². The van der Waals surface area contributed by atoms with E-state index >= 15 is 0 Å². The summed E-state index contributed by atoms with van der Waals surface area (Å²) in [5.41, 5.74) is 1.00. The highest BCUT2D eigenvalue weighted by atomic mass is 127. The van der Waals surface area contributed by atoms with Gasteiger partial charge in [0.05, 0.1) is 16.8 Å². The third-order valence-electron chi connectivity index (χ3n) is 4.49. The molecule has 2 aromatic heterocycles. The number of benzene rings is 1. The Bertz CT molecular complexity index is 894. The van der Waals surface area contributed by atoms with E-state index in [0.29, 0.717) is 6.54 Å². The molecule has 3 rings (SSSR count). The highest BCUT2D eigenvalue weighted by molar-refractivity contribution is 14.0. The summed E-state index contributed by atoms with van der Waals surface area (Å²) in [7, 11) is 5.62. The molecule has 0 amide bonds. The number of rotatable bonds is 10. The van der Waals surface area contributed by atoms with Gasteiger partial charge in [0.25, 0.3) is 0 Å². The Morgan fingerprint density at radius 2 is 2.03 bits per heavy atom. The van der Waals surface area contributed by atoms with Crippen molar-refractivity contribution in [3.63, 3.8) is 0 Å². The zero-order valence-electron chi connectivity index (χ0n) is 17.7. The first-order valence-electron chi connectivity index (χ1n) is 9.76. The molecule has 0 atom stereocenters. The minimum absolute atomic E-state index is 0. The van der Waals surface area contributed by atoms with Crippen LogP contribution in [0.1, 0.15) is 12.2 Å². The number of hydrogen-bond donors (Lipinski definition) is 2. The van der Waals surface area contributed by atoms with E-state index in [9.17, 15) is 0 Å². The molecule has 2 heterocycles. The highest BCUT2D eigenvalue weighted by Crippen LogP contribution is 2.31. The standard InChI is InChI=1S/C21H29N5O2S.HI/c1-22-21(23-11-13-26(2)12-6-14-27-3)24-15-16-9-10-18(28-16)20-25-17-7-4-5-8-19(17)29-20;/h4-5,7-10H,6,11-15H2,1-3H3,(H2,22,23,24);1H. The molecule has 0 fully saturated rings. The van der Waals surface area contributed by atoms with Crippen LogP contribution in [0.5, 0.6) is 0 Å². The monoisotopic (exact) mass is 543 g/mol. The number of nitrogens with one attached hydrogen (secondary N) is 2. The molecule has 0 bridgehead atoms. The van der Waals surface area contributed by atoms with Crippen molar-refractivity contribution in [3.8, 4) is 10.8 Å². The van der Waals surface area contributed by atoms with E-state index in [1.165, 1.54) is 0 Å². The van der Waals surface area contributed by atoms with Crippen LogP contribution in [0.15, 0.2) is 45.8 Å². The second kappa shape index (κ2) is 12.9. The van der Waals surface area contributed by atoms with Gasteiger partial charge in [0.15, 0.2) is 16.7 Å². The molecular formula is C21H30IN5O2S. The normalized spacial score (nSPS) is 11.7. The molecule has 9 heteroatoms. The minimum Gasteiger partial charge on any atom is -0.457 e. The van der Waals surface area contributed by atoms with Gasteiger partial charge in [-0.1, -0.05) is 12.1 Å². The van der Waals surface area contributed by atoms with Crippen molar-refractivity contribution in [2.75, 3.05) is 47.4 Å². The number of furan rings is 1. The Balaban J connectivity index is 0.00000320. The third-order valence-corrected chi connectivity index (χ3v) is 5.55. The van der Waals surface area contributed by atoms with Gasteiger partial charge in [0.1, 0.15) is 5.76 Å². The van der Waals surface area contributed by atoms with E-state index in [1.807, 2.05) is 30.3 Å². The molecule has 0 unspecified atom stereocenters. The van der Waals surface area contributed by atoms with Crippen LogP contribution in [0.25, 0.3) is 21.0 Å². The molecule has 1 aromatic carbocycles. The van der Waals surface area contributed by atoms with E-state index in [0.717, 1.165) is 65.4 Å². The van der Waals surface area contributed by atoms with E-state index in [1.54, 1.807) is 25.5 Å². The fourth-order valence-electron chi connectivity index (χ4n) is 2.91. The Morgan fingerprint density at radius 3 is 2.80 bits per heavy atom. The number of methoxy groups -OCH3 is 1. The molecule has 164 valence electrons. The smallest absolute Gasteiger partial charge is 0.191 e. The predicted octanol–water partition coefficient (Wildman–Crippen LogP) is 3.81. The molecule has 3 aromatic rings. The summed E-state index contributed by atoms with van der Waals surface area (Å²) in [6, 6.07) is 12.1. The van der Waals surface area contributed by atoms with Crippen LogP contribution in [-0.2, 0) is 11.3 Å². The number of para-hydroxylation sites is 1. The van der Waals surface area contributed by atoms with Gasteiger partial charge in [-0.15, -0.1) is 35.3 Å². The summed E-state index contributed by atoms with van der Waals surface area (Å²) in [6.45, 7) is 4.13. The number of guanidine groups is 1. The van der Waals surface area contributed by atoms with E-state index in [2.05, 4.69) is 38.6 Å². The Kier molecular flexibility index (Phi) is 10.6. The number of aliphatic imine (C=N–C) groups is 1. The van der Waals surface area contributed by atoms with Gasteiger partial charge in [-0.05, 0) is 37.7 Å². The van der Waals surface area contributed by atoms with Crippen LogP contribution in [0, 0.1) is 0 Å². The topological polar surface area (TPSA) is 74.9 Å². The molecule has 7 nitrogen and oxygen atoms in total. The van der Waals surface area contributed by atoms with Crippen LogP contribution in [-0.4, -0.2) is 63.3 Å². The molecule has 0 radical (unpaired) electrons. The first-order chi connectivity index (χ1) is 14.2. The number of fused-ring (bicyclic) bond motifs is 1. The lowest BCUT2D eigenvalue weighted by Gasteiger charge is -2.17. The van der Waals surface area contributed by atoms with E-state index in [4.69, 9.17) is 9.15 Å². The number of aromatic nitrogens is 1. The van der Waals surface area contributed by atoms with Crippen LogP contribution in [0.2, 0.25) is 0 Å². The minimum atomic E-state index is 0. The second-order valence-corrected chi connectivity index (χ2v) is 7.79. The van der Waals surface area contributed by atoms with Crippen LogP contribution in [0.3, 0.4) is 0 Å². The number of nitrogens with zero attached hydrogens (tertiary/aromatic N) is 3. The van der Waals surface area contributed by atoms with Crippen LogP contribution < -0.4 is 10.6 Å². The van der Waals surface area contributed by atoms with Crippen molar-refractivity contribution in [1.82, 2.24) is 20.5 Å². The average Bonchev–Trinajstić information content (AvgIpc) is 3.37. The van der Waals surface area contributed by atoms with Gasteiger partial charge in [-0.2, -0.15) is 0 Å². The maximum absolute atomic E-state index is 5.97. The molecule has 0 aliphatic rings. The lowest BCUT2D eigenvalue weighted by atomic mass is 10.3. The molecule has 0 saturated heterocycles. The fraction of sp³-hybridized carbons (Fsp3) is 0.429. The van der Waals surface area contributed by atoms with Crippen molar-refractivity contribution in [2.45, 2.75) is 13.0 Å². The zero-order valence-corrected chi connectivity index (χ0v) is 20.8. The van der Waals surface area contributed by atoms with Crippen molar-refractivity contribution >= 4 is 51.5 Å². The van der Waals surface area contributed by atoms with Crippen molar-refractivity contribution in [2.24, 2.45) is 4.99 Å². The lowest BCUT2D eigenvalue weighted by Crippen LogP contribution is -2.40. The maximum Gasteiger partial charge on any atom is 0.191 e. The Morgan fingerprint density at radius 1 is 1.20 bits per heavy atom. The summed E-state index contributed by atoms with van der Waals surface area (Å²) in [5.74, 6) is 2.40. The maximum atomic E-state index is 5.97. The number of halogens is 1. The summed E-state index contributed by atoms with van der Waals surface area (Å²) in [5, 5.41) is 7.52. The van der Waals surface area contributed by atoms with Gasteiger partial charge in [-0.25, -0.2) is 4.98 Å². The third kappa shape index (κ3) is 7.22. The van der Waals surface area contributed by atoms with Gasteiger partial charge in [-0.3, -0.25) is 4.99 Å². The second-order valence-electron chi connectivity index (χ2n) is 6.75. The Labute approximate surface area is 198 Å². The molecule has 0 spiro atoms. The van der Waals surface area contributed by atoms with Crippen molar-refractivity contribution < 1.29 is 9.15 Å². The SMILES string of the molecule is CN=C(NCCN(C)CCCOC)NCc1ccc(-c2nc3ccccc3s2)o1.I. The summed E-state index contributed by atoms with van der Waals surface area (Å²) >= 11 is 1.64. The molecule has 30 heavy (non-hydrogen) atoms. The lowest BCUT2D eigenvalue weighted by molar-refractivity contribution is 0.180. The number of thiazole rings is 1. The van der Waals surface area contributed by atoms with E-state index in [-0.39, 0.29) is 24.0 Å². The largest absolute Gasteiger partial charge is 0.457 e. The van der Waals surface area contributed by atoms with Crippen LogP contribution >= 0.6 is 35.3 Å². The van der Waals surface area contributed by atoms with Crippen molar-refractivity contribution in [1.29, 1.82) is 0 Å². The molecular weight excluding hydrogens is 513 g/mol. The number of likely N-dealkylation sites (N-methyl/N-ethyl adjacent to an activating group) is 1. The fourth-order valence-corrected chi connectivity index (χ4v) is 3.84. The highest BCUT2D eigenvalue weighted by Gasteiger charge is 2.10. The zero-order chi connectivity index (χ0) is 20.5. The molecule has 2 N–H and O–H groups in total. The average molecular weight is 543 g/mol. The summed E-state index contributed by atoms with van der Waals surface area (Å²) in [4.78, 5) is 11.2. The Hall–Kier alpha value is -1.69. The quantitative estimate of drug-likeness (QED) is 0.175. The summed E-state index contributed by atoms with van der Waals surface area (Å²) < 4.78 is 12.2. The van der Waals surface area contributed by atoms with Crippen LogP contribution in [0.4, 0.5) is 0 Å². The number of ether oxygens (including phenoxy) is 1. The van der Waals surface area contributed by atoms with Gasteiger partial charge in [0, 0.05) is 40.4 Å². The first-order valence-corrected chi connectivity index (χ1v) is 10.6. The molecule has 0 saturated carbocycles. The predicted molar refractivity (Wildman–Crippen MR) is 135 cm³/mol. The molecule has 0 aliphatic carbocycles. The van der Waals surface area contributed by atoms with Gasteiger partial charge >= 0.3 is 0 Å². The van der Waals surface area contributed by atoms with Crippen molar-refractivity contribution in [3.05, 3.63) is 42.2 Å². The molecule has 0 aliphatic heterocycles. The number of hydrogen-bond acceptors (Lipinski definition) is 6. The van der Waals surface area contributed by atoms with Gasteiger partial charge < -0.3 is 24.7 Å². The van der Waals surface area contributed by atoms with Gasteiger partial charge in [0.2, 0.25) is 0 Å². The summed E-state index contributed by atoms with van der Waals surface area (Å²) in [6.07, 6.45) is 1.04. The first kappa shape index (κ1) is 24.6.